The van der Waals surface area contributed by atoms with Gasteiger partial charge in [0, 0.05) is 52.7 Å². The van der Waals surface area contributed by atoms with Gasteiger partial charge in [-0.15, -0.1) is 0 Å². The molecule has 0 atom stereocenters. The van der Waals surface area contributed by atoms with Crippen LogP contribution in [0.25, 0.3) is 11.2 Å². The molecule has 1 aromatic carbocycles. The van der Waals surface area contributed by atoms with Crippen LogP contribution in [0.1, 0.15) is 0 Å². The Bertz CT molecular complexity index is 1090. The van der Waals surface area contributed by atoms with Gasteiger partial charge >= 0.3 is 5.69 Å². The number of fused-ring (bicyclic) bond motifs is 3. The lowest BCUT2D eigenvalue weighted by Gasteiger charge is -2.18. The monoisotopic (exact) mass is 340 g/mol. The summed E-state index contributed by atoms with van der Waals surface area (Å²) in [6.45, 7) is 1.40. The highest BCUT2D eigenvalue weighted by atomic mass is 16.2. The van der Waals surface area contributed by atoms with Gasteiger partial charge in [0.1, 0.15) is 0 Å². The molecule has 8 heteroatoms. The molecule has 1 aliphatic heterocycles. The molecule has 8 nitrogen and oxygen atoms in total. The summed E-state index contributed by atoms with van der Waals surface area (Å²) < 4.78 is 4.46. The Labute approximate surface area is 144 Å². The van der Waals surface area contributed by atoms with Crippen LogP contribution in [0.4, 0.5) is 17.3 Å². The van der Waals surface area contributed by atoms with Gasteiger partial charge in [0.05, 0.1) is 0 Å². The van der Waals surface area contributed by atoms with Crippen LogP contribution in [-0.4, -0.2) is 39.3 Å². The number of benzene rings is 1. The maximum atomic E-state index is 12.5. The molecule has 0 saturated heterocycles. The average molecular weight is 340 g/mol. The van der Waals surface area contributed by atoms with Gasteiger partial charge in [0.15, 0.2) is 11.2 Å². The number of imidazole rings is 1. The predicted octanol–water partition coefficient (Wildman–Crippen LogP) is 0.651. The van der Waals surface area contributed by atoms with Crippen molar-refractivity contribution in [2.45, 2.75) is 6.54 Å². The molecule has 3 heterocycles. The summed E-state index contributed by atoms with van der Waals surface area (Å²) in [7, 11) is 7.14. The average Bonchev–Trinajstić information content (AvgIpc) is 3.17. The molecular weight excluding hydrogens is 320 g/mol. The molecule has 25 heavy (non-hydrogen) atoms. The van der Waals surface area contributed by atoms with Crippen LogP contribution < -0.4 is 21.0 Å². The number of hydrogen-bond acceptors (Lipinski definition) is 5. The van der Waals surface area contributed by atoms with Crippen LogP contribution >= 0.6 is 0 Å². The van der Waals surface area contributed by atoms with Crippen LogP contribution in [0, 0.1) is 0 Å². The third kappa shape index (κ3) is 2.10. The van der Waals surface area contributed by atoms with E-state index in [0.29, 0.717) is 23.7 Å². The summed E-state index contributed by atoms with van der Waals surface area (Å²) in [5.41, 5.74) is 2.37. The van der Waals surface area contributed by atoms with Crippen molar-refractivity contribution in [3.8, 4) is 0 Å². The molecule has 0 aliphatic carbocycles. The lowest BCUT2D eigenvalue weighted by Crippen LogP contribution is -2.37. The summed E-state index contributed by atoms with van der Waals surface area (Å²) >= 11 is 0. The Morgan fingerprint density at radius 1 is 1.00 bits per heavy atom. The van der Waals surface area contributed by atoms with E-state index in [2.05, 4.69) is 22.0 Å². The van der Waals surface area contributed by atoms with Crippen LogP contribution in [0.5, 0.6) is 0 Å². The molecule has 0 radical (unpaired) electrons. The summed E-state index contributed by atoms with van der Waals surface area (Å²) in [6.07, 6.45) is 0. The van der Waals surface area contributed by atoms with Crippen LogP contribution in [0.3, 0.4) is 0 Å². The Morgan fingerprint density at radius 3 is 2.32 bits per heavy atom. The predicted molar refractivity (Wildman–Crippen MR) is 98.0 cm³/mol. The Hall–Kier alpha value is -3.03. The summed E-state index contributed by atoms with van der Waals surface area (Å²) in [5, 5.41) is 0. The lowest BCUT2D eigenvalue weighted by molar-refractivity contribution is 0.700. The van der Waals surface area contributed by atoms with Gasteiger partial charge in [-0.05, 0) is 24.3 Å². The minimum absolute atomic E-state index is 0.304. The molecule has 0 bridgehead atoms. The molecule has 130 valence electrons. The highest BCUT2D eigenvalue weighted by Crippen LogP contribution is 2.32. The highest BCUT2D eigenvalue weighted by molar-refractivity contribution is 5.78. The Balaban J connectivity index is 1.89. The van der Waals surface area contributed by atoms with Crippen molar-refractivity contribution in [1.29, 1.82) is 0 Å². The zero-order valence-electron chi connectivity index (χ0n) is 14.7. The SMILES string of the molecule is CN(C)c1ccc(N2CCn3c2nc2c3c(=O)n(C)c(=O)n2C)cc1. The molecule has 0 fully saturated rings. The van der Waals surface area contributed by atoms with Crippen molar-refractivity contribution in [2.24, 2.45) is 14.1 Å². The van der Waals surface area contributed by atoms with Gasteiger partial charge in [-0.25, -0.2) is 4.79 Å². The van der Waals surface area contributed by atoms with E-state index in [1.165, 1.54) is 11.6 Å². The van der Waals surface area contributed by atoms with Gasteiger partial charge in [-0.3, -0.25) is 13.9 Å². The van der Waals surface area contributed by atoms with Crippen molar-refractivity contribution in [3.05, 3.63) is 45.1 Å². The van der Waals surface area contributed by atoms with E-state index in [1.54, 1.807) is 7.05 Å². The first-order valence-corrected chi connectivity index (χ1v) is 8.11. The van der Waals surface area contributed by atoms with E-state index < -0.39 is 0 Å². The second-order valence-electron chi connectivity index (χ2n) is 6.50. The van der Waals surface area contributed by atoms with Crippen LogP contribution in [0.2, 0.25) is 0 Å². The van der Waals surface area contributed by atoms with Gasteiger partial charge in [0.2, 0.25) is 5.95 Å². The minimum Gasteiger partial charge on any atom is -0.378 e. The van der Waals surface area contributed by atoms with E-state index in [0.717, 1.165) is 22.5 Å². The highest BCUT2D eigenvalue weighted by Gasteiger charge is 2.28. The number of aromatic nitrogens is 4. The summed E-state index contributed by atoms with van der Waals surface area (Å²) in [5.74, 6) is 0.700. The maximum absolute atomic E-state index is 12.5. The molecule has 0 saturated carbocycles. The van der Waals surface area contributed by atoms with Crippen molar-refractivity contribution in [3.63, 3.8) is 0 Å². The largest absolute Gasteiger partial charge is 0.378 e. The van der Waals surface area contributed by atoms with Crippen LogP contribution in [-0.2, 0) is 20.6 Å². The zero-order valence-corrected chi connectivity index (χ0v) is 14.7. The fourth-order valence-electron chi connectivity index (χ4n) is 3.33. The molecule has 3 aromatic rings. The molecule has 0 unspecified atom stereocenters. The lowest BCUT2D eigenvalue weighted by atomic mass is 10.2. The van der Waals surface area contributed by atoms with E-state index in [1.807, 2.05) is 35.7 Å². The van der Waals surface area contributed by atoms with Crippen LogP contribution in [0.15, 0.2) is 33.9 Å². The second-order valence-corrected chi connectivity index (χ2v) is 6.50. The van der Waals surface area contributed by atoms with Gasteiger partial charge in [-0.1, -0.05) is 0 Å². The summed E-state index contributed by atoms with van der Waals surface area (Å²) in [4.78, 5) is 33.4. The number of nitrogens with zero attached hydrogens (tertiary/aromatic N) is 6. The van der Waals surface area contributed by atoms with Crippen molar-refractivity contribution < 1.29 is 0 Å². The number of aryl methyl sites for hydroxylation is 1. The first kappa shape index (κ1) is 15.5. The third-order valence-electron chi connectivity index (χ3n) is 4.79. The molecule has 4 rings (SSSR count). The van der Waals surface area contributed by atoms with Crippen molar-refractivity contribution in [2.75, 3.05) is 30.4 Å². The first-order valence-electron chi connectivity index (χ1n) is 8.11. The Morgan fingerprint density at radius 2 is 1.68 bits per heavy atom. The second kappa shape index (κ2) is 5.23. The first-order chi connectivity index (χ1) is 11.9. The van der Waals surface area contributed by atoms with Gasteiger partial charge in [-0.2, -0.15) is 4.98 Å². The van der Waals surface area contributed by atoms with Gasteiger partial charge < -0.3 is 14.4 Å². The fourth-order valence-corrected chi connectivity index (χ4v) is 3.33. The quantitative estimate of drug-likeness (QED) is 0.685. The van der Waals surface area contributed by atoms with E-state index in [9.17, 15) is 9.59 Å². The topological polar surface area (TPSA) is 68.3 Å². The zero-order chi connectivity index (χ0) is 17.9. The smallest absolute Gasteiger partial charge is 0.332 e. The Kier molecular flexibility index (Phi) is 3.24. The fraction of sp³-hybridized carbons (Fsp3) is 0.353. The molecule has 2 aromatic heterocycles. The molecule has 1 aliphatic rings. The van der Waals surface area contributed by atoms with E-state index >= 15 is 0 Å². The minimum atomic E-state index is -0.365. The number of anilines is 3. The van der Waals surface area contributed by atoms with E-state index in [4.69, 9.17) is 0 Å². The summed E-state index contributed by atoms with van der Waals surface area (Å²) in [6, 6.07) is 8.19. The number of hydrogen-bond donors (Lipinski definition) is 0. The molecule has 0 spiro atoms. The van der Waals surface area contributed by atoms with Gasteiger partial charge in [0.25, 0.3) is 5.56 Å². The molecular formula is C17H20N6O2. The molecule has 0 amide bonds. The van der Waals surface area contributed by atoms with Crippen molar-refractivity contribution >= 4 is 28.5 Å². The van der Waals surface area contributed by atoms with Crippen molar-refractivity contribution in [1.82, 2.24) is 18.7 Å². The normalized spacial score (nSPS) is 13.5. The van der Waals surface area contributed by atoms with E-state index in [-0.39, 0.29) is 11.2 Å². The molecule has 0 N–H and O–H groups in total. The number of rotatable bonds is 2. The maximum Gasteiger partial charge on any atom is 0.332 e. The third-order valence-corrected chi connectivity index (χ3v) is 4.79. The standard InChI is InChI=1S/C17H20N6O2/c1-19(2)11-5-7-12(8-6-11)22-9-10-23-13-14(18-16(22)23)20(3)17(25)21(4)15(13)24/h5-8H,9-10H2,1-4H3.